The Balaban J connectivity index is 1.31. The number of ether oxygens (including phenoxy) is 2. The number of nitro benzene ring substituents is 2. The predicted molar refractivity (Wildman–Crippen MR) is 163 cm³/mol. The van der Waals surface area contributed by atoms with Crippen LogP contribution in [0, 0.1) is 20.2 Å². The molecular formula is C27H24N8O13S. The van der Waals surface area contributed by atoms with Crippen molar-refractivity contribution in [2.45, 2.75) is 25.3 Å². The van der Waals surface area contributed by atoms with Gasteiger partial charge >= 0.3 is 11.9 Å². The number of esters is 2. The number of nitrogens with zero attached hydrogens (tertiary/aromatic N) is 5. The SMILES string of the molecule is NC(=O)[C@@H]1[C@H](NC(=O)C(=NOCC(=O)OCc2ccc([N+](=O)[O-])cc2)c2csc(N)n2)C(=O)N1OCC(=O)OCc1ccc([N+](=O)[O-])cc1. The van der Waals surface area contributed by atoms with E-state index in [0.717, 1.165) is 11.3 Å². The standard InChI is InChI=1S/C27H24N8O13S/c28-24(38)23-22(26(40)33(23)48-12-20(37)46-10-15-3-7-17(8-4-15)35(43)44)31-25(39)21(18-13-49-27(29)30-18)32-47-11-19(36)45-9-14-1-5-16(6-2-14)34(41)42/h1-8,13,22-23H,9-12H2,(H2,28,38)(H2,29,30)(H,31,39)/t22-,23-/m0/s1. The van der Waals surface area contributed by atoms with Crippen molar-refractivity contribution in [3.05, 3.63) is 91.0 Å². The summed E-state index contributed by atoms with van der Waals surface area (Å²) < 4.78 is 10.0. The Bertz CT molecular complexity index is 1800. The molecule has 2 aromatic carbocycles. The molecule has 256 valence electrons. The van der Waals surface area contributed by atoms with Crippen LogP contribution in [0.25, 0.3) is 0 Å². The van der Waals surface area contributed by atoms with Gasteiger partial charge in [0.1, 0.15) is 24.9 Å². The number of primary amides is 1. The first-order chi connectivity index (χ1) is 23.3. The first-order valence-electron chi connectivity index (χ1n) is 13.6. The summed E-state index contributed by atoms with van der Waals surface area (Å²) in [5.41, 5.74) is 11.0. The van der Waals surface area contributed by atoms with Crippen LogP contribution in [0.2, 0.25) is 0 Å². The molecule has 5 N–H and O–H groups in total. The number of benzene rings is 2. The minimum absolute atomic E-state index is 0.0350. The van der Waals surface area contributed by atoms with E-state index in [9.17, 15) is 44.2 Å². The highest BCUT2D eigenvalue weighted by Crippen LogP contribution is 2.22. The third-order valence-electron chi connectivity index (χ3n) is 6.36. The first kappa shape index (κ1) is 35.3. The van der Waals surface area contributed by atoms with Crippen LogP contribution in [0.15, 0.2) is 59.1 Å². The van der Waals surface area contributed by atoms with Gasteiger partial charge in [-0.1, -0.05) is 5.16 Å². The molecule has 1 aliphatic heterocycles. The van der Waals surface area contributed by atoms with E-state index < -0.39 is 70.5 Å². The van der Waals surface area contributed by atoms with Crippen molar-refractivity contribution in [3.63, 3.8) is 0 Å². The van der Waals surface area contributed by atoms with Crippen LogP contribution in [-0.2, 0) is 56.3 Å². The number of oxime groups is 1. The van der Waals surface area contributed by atoms with Crippen LogP contribution in [0.4, 0.5) is 16.5 Å². The van der Waals surface area contributed by atoms with Crippen molar-refractivity contribution >= 4 is 63.2 Å². The molecule has 0 unspecified atom stereocenters. The number of nitro groups is 2. The number of thiazole rings is 1. The van der Waals surface area contributed by atoms with Crippen molar-refractivity contribution in [2.75, 3.05) is 18.9 Å². The summed E-state index contributed by atoms with van der Waals surface area (Å²) in [7, 11) is 0. The Labute approximate surface area is 277 Å². The largest absolute Gasteiger partial charge is 0.459 e. The lowest BCUT2D eigenvalue weighted by atomic mass is 9.97. The summed E-state index contributed by atoms with van der Waals surface area (Å²) in [4.78, 5) is 96.7. The quantitative estimate of drug-likeness (QED) is 0.0576. The maximum absolute atomic E-state index is 13.1. The minimum Gasteiger partial charge on any atom is -0.459 e. The third-order valence-corrected chi connectivity index (χ3v) is 7.04. The number of aromatic nitrogens is 1. The number of hydroxylamine groups is 2. The van der Waals surface area contributed by atoms with Crippen LogP contribution in [0.3, 0.4) is 0 Å². The van der Waals surface area contributed by atoms with Crippen LogP contribution >= 0.6 is 11.3 Å². The normalized spacial score (nSPS) is 15.5. The van der Waals surface area contributed by atoms with Crippen molar-refractivity contribution in [2.24, 2.45) is 10.9 Å². The molecule has 0 saturated carbocycles. The molecule has 1 aromatic heterocycles. The van der Waals surface area contributed by atoms with Crippen LogP contribution in [-0.4, -0.2) is 80.6 Å². The number of carbonyl (C=O) groups is 5. The highest BCUT2D eigenvalue weighted by atomic mass is 32.1. The van der Waals surface area contributed by atoms with E-state index >= 15 is 0 Å². The monoisotopic (exact) mass is 700 g/mol. The van der Waals surface area contributed by atoms with Gasteiger partial charge in [0, 0.05) is 29.6 Å². The van der Waals surface area contributed by atoms with Gasteiger partial charge in [0.25, 0.3) is 23.2 Å². The highest BCUT2D eigenvalue weighted by molar-refractivity contribution is 7.13. The number of hydrogen-bond donors (Lipinski definition) is 3. The van der Waals surface area contributed by atoms with Gasteiger partial charge in [0.15, 0.2) is 23.5 Å². The van der Waals surface area contributed by atoms with Crippen LogP contribution in [0.1, 0.15) is 16.8 Å². The smallest absolute Gasteiger partial charge is 0.347 e. The molecule has 1 fully saturated rings. The lowest BCUT2D eigenvalue weighted by Gasteiger charge is -2.43. The maximum Gasteiger partial charge on any atom is 0.347 e. The van der Waals surface area contributed by atoms with Gasteiger partial charge in [-0.25, -0.2) is 19.6 Å². The average Bonchev–Trinajstić information content (AvgIpc) is 3.50. The summed E-state index contributed by atoms with van der Waals surface area (Å²) in [5, 5.41) is 29.2. The molecule has 22 heteroatoms. The number of carbonyl (C=O) groups excluding carboxylic acids is 5. The molecule has 2 heterocycles. The summed E-state index contributed by atoms with van der Waals surface area (Å²) in [5.74, 6) is -5.03. The van der Waals surface area contributed by atoms with Crippen LogP contribution < -0.4 is 16.8 Å². The first-order valence-corrected chi connectivity index (χ1v) is 14.5. The number of non-ortho nitro benzene ring substituents is 2. The van der Waals surface area contributed by atoms with Crippen molar-refractivity contribution < 1.29 is 53.0 Å². The van der Waals surface area contributed by atoms with Crippen molar-refractivity contribution in [1.29, 1.82) is 0 Å². The Hall–Kier alpha value is -6.55. The third kappa shape index (κ3) is 9.26. The average molecular weight is 701 g/mol. The second kappa shape index (κ2) is 15.8. The van der Waals surface area contributed by atoms with Crippen molar-refractivity contribution in [1.82, 2.24) is 15.4 Å². The van der Waals surface area contributed by atoms with Crippen LogP contribution in [0.5, 0.6) is 0 Å². The maximum atomic E-state index is 13.1. The molecule has 1 aliphatic rings. The number of amides is 3. The van der Waals surface area contributed by atoms with E-state index in [1.807, 2.05) is 0 Å². The molecule has 3 amide bonds. The molecule has 0 bridgehead atoms. The molecular weight excluding hydrogens is 676 g/mol. The van der Waals surface area contributed by atoms with Gasteiger partial charge in [0.2, 0.25) is 12.5 Å². The van der Waals surface area contributed by atoms with Gasteiger partial charge in [-0.15, -0.1) is 11.3 Å². The Morgan fingerprint density at radius 1 is 0.918 bits per heavy atom. The Kier molecular flexibility index (Phi) is 11.4. The molecule has 21 nitrogen and oxygen atoms in total. The van der Waals surface area contributed by atoms with Gasteiger partial charge < -0.3 is 31.1 Å². The molecule has 4 rings (SSSR count). The number of nitrogens with one attached hydrogen (secondary N) is 1. The van der Waals surface area contributed by atoms with Crippen molar-refractivity contribution in [3.8, 4) is 0 Å². The highest BCUT2D eigenvalue weighted by Gasteiger charge is 2.53. The van der Waals surface area contributed by atoms with Gasteiger partial charge in [-0.2, -0.15) is 0 Å². The summed E-state index contributed by atoms with van der Waals surface area (Å²) in [6.45, 7) is -2.12. The predicted octanol–water partition coefficient (Wildman–Crippen LogP) is -0.138. The molecule has 49 heavy (non-hydrogen) atoms. The molecule has 2 atom stereocenters. The fourth-order valence-electron chi connectivity index (χ4n) is 3.95. The second-order valence-electron chi connectivity index (χ2n) is 9.69. The summed E-state index contributed by atoms with van der Waals surface area (Å²) >= 11 is 0.933. The van der Waals surface area contributed by atoms with E-state index in [4.69, 9.17) is 30.6 Å². The zero-order valence-electron chi connectivity index (χ0n) is 24.8. The number of rotatable bonds is 16. The molecule has 1 saturated heterocycles. The molecule has 3 aromatic rings. The molecule has 0 aliphatic carbocycles. The zero-order valence-corrected chi connectivity index (χ0v) is 25.6. The van der Waals surface area contributed by atoms with E-state index in [-0.39, 0.29) is 35.4 Å². The van der Waals surface area contributed by atoms with E-state index in [1.165, 1.54) is 53.9 Å². The lowest BCUT2D eigenvalue weighted by Crippen LogP contribution is -2.74. The number of nitrogens with two attached hydrogens (primary N) is 2. The van der Waals surface area contributed by atoms with E-state index in [1.54, 1.807) is 0 Å². The Morgan fingerprint density at radius 2 is 1.45 bits per heavy atom. The number of anilines is 1. The number of nitrogen functional groups attached to an aromatic ring is 1. The molecule has 0 radical (unpaired) electrons. The van der Waals surface area contributed by atoms with E-state index in [2.05, 4.69) is 15.5 Å². The zero-order chi connectivity index (χ0) is 35.7. The summed E-state index contributed by atoms with van der Waals surface area (Å²) in [6, 6.07) is 7.32. The topological polar surface area (TPSA) is 301 Å². The lowest BCUT2D eigenvalue weighted by molar-refractivity contribution is -0.385. The minimum atomic E-state index is -1.56. The summed E-state index contributed by atoms with van der Waals surface area (Å²) in [6.07, 6.45) is 0. The Morgan fingerprint density at radius 3 is 1.92 bits per heavy atom. The van der Waals surface area contributed by atoms with Gasteiger partial charge in [-0.3, -0.25) is 39.4 Å². The number of β-lactam (4-membered cyclic amide) rings is 1. The molecule has 0 spiro atoms. The second-order valence-corrected chi connectivity index (χ2v) is 10.6. The fourth-order valence-corrected chi connectivity index (χ4v) is 4.50. The van der Waals surface area contributed by atoms with Gasteiger partial charge in [-0.05, 0) is 35.4 Å². The van der Waals surface area contributed by atoms with E-state index in [0.29, 0.717) is 16.2 Å². The number of hydrogen-bond acceptors (Lipinski definition) is 17. The van der Waals surface area contributed by atoms with Gasteiger partial charge in [0.05, 0.1) is 9.85 Å². The fraction of sp³-hybridized carbons (Fsp3) is 0.222.